The topological polar surface area (TPSA) is 238 Å². The number of hydrogen-bond donors (Lipinski definition) is 10. The van der Waals surface area contributed by atoms with E-state index in [9.17, 15) is 44.7 Å². The van der Waals surface area contributed by atoms with E-state index in [2.05, 4.69) is 41.7 Å². The number of rotatable bonds is 28. The van der Waals surface area contributed by atoms with Crippen molar-refractivity contribution in [3.8, 4) is 0 Å². The maximum absolute atomic E-state index is 14.6. The molecular weight excluding hydrogens is 680 g/mol. The molecule has 0 fully saturated rings. The van der Waals surface area contributed by atoms with Crippen LogP contribution in [-0.2, 0) is 19.2 Å². The highest BCUT2D eigenvalue weighted by atomic mass is 32.2. The quantitative estimate of drug-likeness (QED) is 0.0544. The van der Waals surface area contributed by atoms with Crippen LogP contribution in [0, 0.1) is 17.8 Å². The maximum Gasteiger partial charge on any atom is 0.308 e. The van der Waals surface area contributed by atoms with Crippen LogP contribution < -0.4 is 21.3 Å². The van der Waals surface area contributed by atoms with Crippen molar-refractivity contribution in [2.45, 2.75) is 148 Å². The third-order valence-electron chi connectivity index (χ3n) is 10.1. The summed E-state index contributed by atoms with van der Waals surface area (Å²) in [5.74, 6) is -3.90. The summed E-state index contributed by atoms with van der Waals surface area (Å²) in [5, 5.41) is 70.8. The molecule has 0 aliphatic rings. The van der Waals surface area contributed by atoms with Gasteiger partial charge in [0.15, 0.2) is 5.78 Å². The number of aliphatic hydroxyl groups is 5. The van der Waals surface area contributed by atoms with E-state index in [0.29, 0.717) is 32.2 Å². The van der Waals surface area contributed by atoms with E-state index in [-0.39, 0.29) is 18.1 Å². The van der Waals surface area contributed by atoms with Gasteiger partial charge in [-0.2, -0.15) is 0 Å². The summed E-state index contributed by atoms with van der Waals surface area (Å²) in [5.41, 5.74) is -1.66. The molecule has 0 saturated carbocycles. The molecule has 0 aliphatic heterocycles. The maximum atomic E-state index is 14.6. The van der Waals surface area contributed by atoms with Gasteiger partial charge in [-0.3, -0.25) is 24.5 Å². The van der Waals surface area contributed by atoms with Crippen LogP contribution in [0.5, 0.6) is 0 Å². The third kappa shape index (κ3) is 15.4. The molecule has 0 aromatic heterocycles. The van der Waals surface area contributed by atoms with Gasteiger partial charge in [-0.15, -0.1) is 11.8 Å². The van der Waals surface area contributed by atoms with E-state index in [4.69, 9.17) is 5.11 Å². The van der Waals surface area contributed by atoms with E-state index < -0.39 is 90.3 Å². The Hall–Kier alpha value is -2.11. The minimum atomic E-state index is -1.88. The normalized spacial score (nSPS) is 17.6. The van der Waals surface area contributed by atoms with Crippen LogP contribution in [0.4, 0.5) is 0 Å². The Morgan fingerprint density at radius 3 is 1.84 bits per heavy atom. The molecule has 0 aromatic rings. The second-order valence-corrected chi connectivity index (χ2v) is 15.5. The molecule has 9 atom stereocenters. The smallest absolute Gasteiger partial charge is 0.308 e. The van der Waals surface area contributed by atoms with Gasteiger partial charge in [0.05, 0.1) is 30.2 Å². The third-order valence-corrected chi connectivity index (χ3v) is 11.0. The molecule has 298 valence electrons. The zero-order valence-corrected chi connectivity index (χ0v) is 33.0. The van der Waals surface area contributed by atoms with Crippen LogP contribution in [0.25, 0.3) is 0 Å². The summed E-state index contributed by atoms with van der Waals surface area (Å²) in [7, 11) is 0. The number of aliphatic hydroxyl groups excluding tert-OH is 5. The van der Waals surface area contributed by atoms with Crippen LogP contribution in [0.15, 0.2) is 11.5 Å². The van der Waals surface area contributed by atoms with Crippen molar-refractivity contribution < 1.29 is 49.8 Å². The van der Waals surface area contributed by atoms with Crippen molar-refractivity contribution in [3.05, 3.63) is 11.5 Å². The number of aliphatic carboxylic acids is 1. The number of allylic oxidation sites excluding steroid dienone is 1. The largest absolute Gasteiger partial charge is 0.481 e. The minimum absolute atomic E-state index is 0.143. The van der Waals surface area contributed by atoms with Gasteiger partial charge in [-0.05, 0) is 75.5 Å². The van der Waals surface area contributed by atoms with Gasteiger partial charge in [0, 0.05) is 18.0 Å². The van der Waals surface area contributed by atoms with Gasteiger partial charge in [0.25, 0.3) is 0 Å². The number of nitrogens with one attached hydrogen (secondary N) is 4. The van der Waals surface area contributed by atoms with Crippen LogP contribution in [0.2, 0.25) is 0 Å². The number of thioether (sulfide) groups is 1. The lowest BCUT2D eigenvalue weighted by atomic mass is 9.80. The van der Waals surface area contributed by atoms with Crippen LogP contribution in [0.3, 0.4) is 0 Å². The number of ketones is 1. The summed E-state index contributed by atoms with van der Waals surface area (Å²) < 4.78 is 0. The molecule has 2 amide bonds. The molecule has 15 heteroatoms. The lowest BCUT2D eigenvalue weighted by molar-refractivity contribution is -0.145. The van der Waals surface area contributed by atoms with Crippen molar-refractivity contribution >= 4 is 35.3 Å². The monoisotopic (exact) mass is 748 g/mol. The number of carbonyl (C=O) groups is 4. The Bertz CT molecular complexity index is 1100. The highest BCUT2D eigenvalue weighted by molar-refractivity contribution is 8.03. The zero-order chi connectivity index (χ0) is 39.7. The predicted octanol–water partition coefficient (Wildman–Crippen LogP) is 1.32. The molecule has 14 nitrogen and oxygen atoms in total. The van der Waals surface area contributed by atoms with Gasteiger partial charge >= 0.3 is 5.97 Å². The number of Topliss-reactive ketones (excluding diaryl/α,β-unsaturated/α-hetero) is 1. The molecule has 0 spiro atoms. The number of amides is 2. The van der Waals surface area contributed by atoms with E-state index in [0.717, 1.165) is 17.1 Å². The molecule has 0 heterocycles. The molecule has 0 radical (unpaired) electrons. The molecule has 0 rings (SSSR count). The Morgan fingerprint density at radius 1 is 0.824 bits per heavy atom. The predicted molar refractivity (Wildman–Crippen MR) is 200 cm³/mol. The highest BCUT2D eigenvalue weighted by Crippen LogP contribution is 2.26. The van der Waals surface area contributed by atoms with Gasteiger partial charge < -0.3 is 46.6 Å². The van der Waals surface area contributed by atoms with Crippen molar-refractivity contribution in [3.63, 3.8) is 0 Å². The summed E-state index contributed by atoms with van der Waals surface area (Å²) in [6.07, 6.45) is -4.63. The first kappa shape index (κ1) is 48.9. The van der Waals surface area contributed by atoms with Crippen LogP contribution in [-0.4, -0.2) is 127 Å². The molecular formula is C36H68N4O10S. The second-order valence-electron chi connectivity index (χ2n) is 14.1. The molecule has 51 heavy (non-hydrogen) atoms. The zero-order valence-electron chi connectivity index (χ0n) is 32.2. The first-order valence-electron chi connectivity index (χ1n) is 18.2. The molecule has 0 aliphatic carbocycles. The lowest BCUT2D eigenvalue weighted by Gasteiger charge is -2.38. The van der Waals surface area contributed by atoms with Gasteiger partial charge in [-0.1, -0.05) is 55.0 Å². The molecule has 0 saturated heterocycles. The Kier molecular flexibility index (Phi) is 22.6. The summed E-state index contributed by atoms with van der Waals surface area (Å²) in [6.45, 7) is 19.7. The summed E-state index contributed by atoms with van der Waals surface area (Å²) in [4.78, 5) is 55.0. The Morgan fingerprint density at radius 2 is 1.37 bits per heavy atom. The average molecular weight is 749 g/mol. The average Bonchev–Trinajstić information content (AvgIpc) is 3.11. The fourth-order valence-electron chi connectivity index (χ4n) is 5.77. The van der Waals surface area contributed by atoms with Gasteiger partial charge in [0.2, 0.25) is 11.8 Å². The molecule has 0 aromatic carbocycles. The van der Waals surface area contributed by atoms with Gasteiger partial charge in [0.1, 0.15) is 24.4 Å². The highest BCUT2D eigenvalue weighted by Gasteiger charge is 2.43. The fraction of sp³-hybridized carbons (Fsp3) is 0.833. The van der Waals surface area contributed by atoms with Crippen molar-refractivity contribution in [2.75, 3.05) is 25.4 Å². The SMILES string of the molecule is C=C(CC(C)CNC(CC)(CC)C(=O)C(CC(C)C(=O)NCC(O)C(O)C(O)C(O)CO)NC(=O)C(NC(C)(CC)CC)C(C)C(=O)O)SCC. The number of carboxylic acid groups (broad SMARTS) is 1. The first-order valence-corrected chi connectivity index (χ1v) is 19.2. The van der Waals surface area contributed by atoms with Gasteiger partial charge in [-0.25, -0.2) is 0 Å². The van der Waals surface area contributed by atoms with Crippen molar-refractivity contribution in [2.24, 2.45) is 17.8 Å². The van der Waals surface area contributed by atoms with E-state index >= 15 is 0 Å². The summed E-state index contributed by atoms with van der Waals surface area (Å²) in [6, 6.07) is -2.42. The Labute approximate surface area is 309 Å². The van der Waals surface area contributed by atoms with E-state index in [1.165, 1.54) is 13.8 Å². The first-order chi connectivity index (χ1) is 23.7. The van der Waals surface area contributed by atoms with Crippen molar-refractivity contribution in [1.82, 2.24) is 21.3 Å². The fourth-order valence-corrected chi connectivity index (χ4v) is 6.58. The molecule has 0 bridgehead atoms. The summed E-state index contributed by atoms with van der Waals surface area (Å²) >= 11 is 1.67. The van der Waals surface area contributed by atoms with E-state index in [1.807, 2.05) is 34.6 Å². The van der Waals surface area contributed by atoms with Crippen LogP contribution in [0.1, 0.15) is 101 Å². The second kappa shape index (κ2) is 23.5. The standard InChI is InChI=1S/C36H68N4O10S/c1-11-35(10,12-2)40-28(24(9)34(49)50)33(48)39-25(17-22(7)32(47)37-19-26(42)29(44)30(45)27(43)20-41)31(46)36(13-3,14-4)38-18-21(6)16-23(8)51-15-5/h21-22,24-30,38,40-45H,8,11-20H2,1-7,9-10H3,(H,37,47)(H,39,48)(H,49,50). The van der Waals surface area contributed by atoms with E-state index in [1.54, 1.807) is 11.8 Å². The molecule has 9 unspecified atom stereocenters. The Balaban J connectivity index is 6.50. The number of carboxylic acids is 1. The molecule has 10 N–H and O–H groups in total. The number of hydrogen-bond acceptors (Lipinski definition) is 12. The number of carbonyl (C=O) groups excluding carboxylic acids is 3. The van der Waals surface area contributed by atoms with Crippen molar-refractivity contribution in [1.29, 1.82) is 0 Å². The minimum Gasteiger partial charge on any atom is -0.481 e. The van der Waals surface area contributed by atoms with Crippen LogP contribution >= 0.6 is 11.8 Å². The lowest BCUT2D eigenvalue weighted by Crippen LogP contribution is -2.63.